The molecule has 1 aliphatic rings. The number of hydrogen-bond donors (Lipinski definition) is 3. The highest BCUT2D eigenvalue weighted by Crippen LogP contribution is 2.37. The minimum Gasteiger partial charge on any atom is -0.282 e. The molecule has 0 amide bonds. The molecule has 0 saturated carbocycles. The number of hydrogen-bond acceptors (Lipinski definition) is 6. The van der Waals surface area contributed by atoms with Crippen molar-refractivity contribution in [3.05, 3.63) is 64.2 Å². The number of nitro groups is 1. The van der Waals surface area contributed by atoms with Crippen molar-refractivity contribution in [2.45, 2.75) is 19.1 Å². The molecule has 0 unspecified atom stereocenters. The standard InChI is InChI=1S/C17H15F3N6O2/c1-10-15(16(21)25(24-10)12-5-3-2-4-6-12)23-22-11-7-8-14(26(27)28)13(9-11)17(18,19)20/h2-10,21-22,24H,1H3/b21-16?,23-15+/t10-/m1/s1. The van der Waals surface area contributed by atoms with E-state index in [-0.39, 0.29) is 23.3 Å². The summed E-state index contributed by atoms with van der Waals surface area (Å²) >= 11 is 0. The van der Waals surface area contributed by atoms with Crippen molar-refractivity contribution >= 4 is 28.6 Å². The van der Waals surface area contributed by atoms with Crippen LogP contribution in [0.4, 0.5) is 30.2 Å². The fraction of sp³-hybridized carbons (Fsp3) is 0.176. The smallest absolute Gasteiger partial charge is 0.282 e. The Labute approximate surface area is 157 Å². The van der Waals surface area contributed by atoms with Gasteiger partial charge in [0.2, 0.25) is 0 Å². The zero-order chi connectivity index (χ0) is 20.5. The number of hydrazone groups is 1. The predicted octanol–water partition coefficient (Wildman–Crippen LogP) is 3.77. The molecule has 28 heavy (non-hydrogen) atoms. The van der Waals surface area contributed by atoms with Crippen molar-refractivity contribution in [1.82, 2.24) is 5.43 Å². The van der Waals surface area contributed by atoms with Crippen molar-refractivity contribution in [3.63, 3.8) is 0 Å². The summed E-state index contributed by atoms with van der Waals surface area (Å²) in [7, 11) is 0. The molecular weight excluding hydrogens is 377 g/mol. The van der Waals surface area contributed by atoms with E-state index in [1.54, 1.807) is 31.2 Å². The number of hydrazine groups is 1. The summed E-state index contributed by atoms with van der Waals surface area (Å²) in [6.07, 6.45) is -4.88. The minimum atomic E-state index is -4.88. The van der Waals surface area contributed by atoms with Crippen LogP contribution >= 0.6 is 0 Å². The molecule has 1 saturated heterocycles. The molecule has 11 heteroatoms. The second-order valence-electron chi connectivity index (χ2n) is 5.97. The van der Waals surface area contributed by atoms with Gasteiger partial charge in [-0.05, 0) is 31.2 Å². The Morgan fingerprint density at radius 1 is 1.25 bits per heavy atom. The number of halogens is 3. The monoisotopic (exact) mass is 392 g/mol. The number of anilines is 2. The molecule has 2 aromatic carbocycles. The summed E-state index contributed by atoms with van der Waals surface area (Å²) in [6, 6.07) is 11.2. The lowest BCUT2D eigenvalue weighted by molar-refractivity contribution is -0.388. The molecule has 1 fully saturated rings. The summed E-state index contributed by atoms with van der Waals surface area (Å²) in [5.74, 6) is 0.0316. The molecule has 1 heterocycles. The fourth-order valence-corrected chi connectivity index (χ4v) is 2.69. The van der Waals surface area contributed by atoms with Crippen molar-refractivity contribution < 1.29 is 18.1 Å². The third-order valence-corrected chi connectivity index (χ3v) is 4.02. The molecule has 0 bridgehead atoms. The molecule has 0 spiro atoms. The molecule has 0 radical (unpaired) electrons. The lowest BCUT2D eigenvalue weighted by Gasteiger charge is -2.17. The van der Waals surface area contributed by atoms with Gasteiger partial charge in [0.1, 0.15) is 11.3 Å². The van der Waals surface area contributed by atoms with Gasteiger partial charge < -0.3 is 0 Å². The van der Waals surface area contributed by atoms with Crippen LogP contribution in [0.25, 0.3) is 0 Å². The lowest BCUT2D eigenvalue weighted by Crippen LogP contribution is -2.36. The van der Waals surface area contributed by atoms with Crippen molar-refractivity contribution in [3.8, 4) is 0 Å². The van der Waals surface area contributed by atoms with Gasteiger partial charge in [-0.3, -0.25) is 26.0 Å². The van der Waals surface area contributed by atoms with Crippen LogP contribution in [0.2, 0.25) is 0 Å². The highest BCUT2D eigenvalue weighted by atomic mass is 19.4. The van der Waals surface area contributed by atoms with E-state index in [0.717, 1.165) is 12.1 Å². The third-order valence-electron chi connectivity index (χ3n) is 4.02. The lowest BCUT2D eigenvalue weighted by atomic mass is 10.1. The molecule has 0 aliphatic carbocycles. The van der Waals surface area contributed by atoms with Crippen molar-refractivity contribution in [2.24, 2.45) is 5.10 Å². The Morgan fingerprint density at radius 3 is 2.54 bits per heavy atom. The fourth-order valence-electron chi connectivity index (χ4n) is 2.69. The SMILES string of the molecule is C[C@H]1NN(c2ccccc2)C(=N)/C1=N/Nc1ccc([N+](=O)[O-])c(C(F)(F)F)c1. The van der Waals surface area contributed by atoms with Crippen LogP contribution in [-0.4, -0.2) is 22.5 Å². The maximum atomic E-state index is 13.1. The van der Waals surface area contributed by atoms with E-state index in [1.807, 2.05) is 6.07 Å². The van der Waals surface area contributed by atoms with Gasteiger partial charge in [0.05, 0.1) is 22.3 Å². The van der Waals surface area contributed by atoms with Gasteiger partial charge in [-0.15, -0.1) is 0 Å². The molecule has 8 nitrogen and oxygen atoms in total. The summed E-state index contributed by atoms with van der Waals surface area (Å²) in [5, 5.41) is 24.6. The normalized spacial score (nSPS) is 18.6. The number of nitrogens with zero attached hydrogens (tertiary/aromatic N) is 3. The Kier molecular flexibility index (Phi) is 5.01. The van der Waals surface area contributed by atoms with Crippen LogP contribution in [0.15, 0.2) is 53.6 Å². The van der Waals surface area contributed by atoms with Crippen LogP contribution < -0.4 is 15.9 Å². The third kappa shape index (κ3) is 3.78. The summed E-state index contributed by atoms with van der Waals surface area (Å²) < 4.78 is 39.2. The first-order chi connectivity index (χ1) is 13.2. The van der Waals surface area contributed by atoms with Gasteiger partial charge in [-0.1, -0.05) is 18.2 Å². The molecule has 3 N–H and O–H groups in total. The summed E-state index contributed by atoms with van der Waals surface area (Å²) in [5.41, 5.74) is 3.98. The number of nitro benzene ring substituents is 1. The quantitative estimate of drug-likeness (QED) is 0.542. The van der Waals surface area contributed by atoms with E-state index in [2.05, 4.69) is 16.0 Å². The van der Waals surface area contributed by atoms with E-state index in [1.165, 1.54) is 5.01 Å². The van der Waals surface area contributed by atoms with Gasteiger partial charge in [0.25, 0.3) is 5.69 Å². The van der Waals surface area contributed by atoms with Crippen LogP contribution in [0.3, 0.4) is 0 Å². The Bertz CT molecular complexity index is 946. The van der Waals surface area contributed by atoms with E-state index in [4.69, 9.17) is 5.41 Å². The minimum absolute atomic E-state index is 0.0316. The molecule has 3 rings (SSSR count). The zero-order valence-electron chi connectivity index (χ0n) is 14.5. The second-order valence-corrected chi connectivity index (χ2v) is 5.97. The maximum absolute atomic E-state index is 13.1. The highest BCUT2D eigenvalue weighted by molar-refractivity contribution is 6.48. The number of alkyl halides is 3. The molecular formula is C17H15F3N6O2. The maximum Gasteiger partial charge on any atom is 0.423 e. The van der Waals surface area contributed by atoms with Gasteiger partial charge in [-0.25, -0.2) is 5.43 Å². The number of nitrogens with one attached hydrogen (secondary N) is 3. The molecule has 2 aromatic rings. The van der Waals surface area contributed by atoms with Gasteiger partial charge in [0.15, 0.2) is 5.84 Å². The summed E-state index contributed by atoms with van der Waals surface area (Å²) in [6.45, 7) is 1.75. The van der Waals surface area contributed by atoms with Crippen LogP contribution in [0.5, 0.6) is 0 Å². The van der Waals surface area contributed by atoms with Crippen molar-refractivity contribution in [1.29, 1.82) is 5.41 Å². The van der Waals surface area contributed by atoms with Gasteiger partial charge in [0, 0.05) is 6.07 Å². The first kappa shape index (κ1) is 19.3. The van der Waals surface area contributed by atoms with Crippen molar-refractivity contribution in [2.75, 3.05) is 10.4 Å². The van der Waals surface area contributed by atoms with Crippen LogP contribution in [0, 0.1) is 15.5 Å². The van der Waals surface area contributed by atoms with E-state index >= 15 is 0 Å². The Hall–Kier alpha value is -3.47. The van der Waals surface area contributed by atoms with Gasteiger partial charge in [-0.2, -0.15) is 18.3 Å². The number of amidine groups is 1. The molecule has 1 atom stereocenters. The predicted molar refractivity (Wildman–Crippen MR) is 98.4 cm³/mol. The Morgan fingerprint density at radius 2 is 1.93 bits per heavy atom. The number of para-hydroxylation sites is 1. The second kappa shape index (κ2) is 7.27. The van der Waals surface area contributed by atoms with E-state index in [0.29, 0.717) is 11.8 Å². The average molecular weight is 392 g/mol. The Balaban J connectivity index is 1.85. The first-order valence-corrected chi connectivity index (χ1v) is 8.08. The topological polar surface area (TPSA) is 107 Å². The molecule has 146 valence electrons. The molecule has 0 aromatic heterocycles. The van der Waals surface area contributed by atoms with Crippen LogP contribution in [0.1, 0.15) is 12.5 Å². The zero-order valence-corrected chi connectivity index (χ0v) is 14.5. The summed E-state index contributed by atoms with van der Waals surface area (Å²) in [4.78, 5) is 9.73. The highest BCUT2D eigenvalue weighted by Gasteiger charge is 2.38. The number of rotatable bonds is 4. The van der Waals surface area contributed by atoms with Crippen LogP contribution in [-0.2, 0) is 6.18 Å². The molecule has 1 aliphatic heterocycles. The van der Waals surface area contributed by atoms with E-state index < -0.39 is 22.4 Å². The van der Waals surface area contributed by atoms with Gasteiger partial charge >= 0.3 is 6.18 Å². The largest absolute Gasteiger partial charge is 0.423 e. The first-order valence-electron chi connectivity index (χ1n) is 8.08. The average Bonchev–Trinajstić information content (AvgIpc) is 2.93. The number of benzene rings is 2. The van der Waals surface area contributed by atoms with E-state index in [9.17, 15) is 23.3 Å².